The van der Waals surface area contributed by atoms with Gasteiger partial charge in [-0.15, -0.1) is 0 Å². The van der Waals surface area contributed by atoms with Crippen LogP contribution < -0.4 is 4.74 Å². The topological polar surface area (TPSA) is 56.3 Å². The molecule has 0 saturated heterocycles. The molecule has 0 fully saturated rings. The molecule has 1 rings (SSSR count). The summed E-state index contributed by atoms with van der Waals surface area (Å²) in [5.41, 5.74) is -0.781. The van der Waals surface area contributed by atoms with Gasteiger partial charge in [0.2, 0.25) is 0 Å². The van der Waals surface area contributed by atoms with Crippen molar-refractivity contribution >= 4 is 35.7 Å². The van der Waals surface area contributed by atoms with Crippen molar-refractivity contribution in [1.82, 2.24) is 4.98 Å². The first kappa shape index (κ1) is 13.6. The lowest BCUT2D eigenvalue weighted by atomic mass is 10.3. The van der Waals surface area contributed by atoms with E-state index < -0.39 is 26.2 Å². The van der Waals surface area contributed by atoms with E-state index in [2.05, 4.69) is 25.7 Å². The lowest BCUT2D eigenvalue weighted by Gasteiger charge is -2.09. The Morgan fingerprint density at radius 3 is 2.50 bits per heavy atom. The van der Waals surface area contributed by atoms with Gasteiger partial charge in [0.25, 0.3) is 15.5 Å². The number of methoxy groups -OCH3 is 1. The fourth-order valence-electron chi connectivity index (χ4n) is 0.973. The standard InChI is InChI=1S/C7H5BrClF2NO3S/c1-15-6-3(8)2-4(16(9,13)14)12-5(6)7(10)11/h2,7H,1H3. The van der Waals surface area contributed by atoms with Crippen molar-refractivity contribution in [2.75, 3.05) is 7.11 Å². The molecule has 0 saturated carbocycles. The molecule has 4 nitrogen and oxygen atoms in total. The normalized spacial score (nSPS) is 11.9. The zero-order valence-corrected chi connectivity index (χ0v) is 10.9. The van der Waals surface area contributed by atoms with Crippen LogP contribution in [0.25, 0.3) is 0 Å². The minimum atomic E-state index is -4.16. The summed E-state index contributed by atoms with van der Waals surface area (Å²) in [4.78, 5) is 3.25. The van der Waals surface area contributed by atoms with Crippen LogP contribution in [0, 0.1) is 0 Å². The molecule has 0 N–H and O–H groups in total. The van der Waals surface area contributed by atoms with Crippen LogP contribution in [-0.4, -0.2) is 20.5 Å². The monoisotopic (exact) mass is 335 g/mol. The lowest BCUT2D eigenvalue weighted by Crippen LogP contribution is -2.03. The summed E-state index contributed by atoms with van der Waals surface area (Å²) < 4.78 is 51.8. The molecule has 1 aromatic heterocycles. The smallest absolute Gasteiger partial charge is 0.284 e. The van der Waals surface area contributed by atoms with Crippen molar-refractivity contribution in [2.45, 2.75) is 11.5 Å². The Balaban J connectivity index is 3.52. The van der Waals surface area contributed by atoms with Gasteiger partial charge in [0.05, 0.1) is 11.6 Å². The predicted molar refractivity (Wildman–Crippen MR) is 56.5 cm³/mol. The summed E-state index contributed by atoms with van der Waals surface area (Å²) in [5.74, 6) is -0.223. The number of hydrogen-bond donors (Lipinski definition) is 0. The molecule has 0 aliphatic carbocycles. The van der Waals surface area contributed by atoms with E-state index in [1.807, 2.05) is 0 Å². The Labute approximate surface area is 103 Å². The average molecular weight is 337 g/mol. The number of pyridine rings is 1. The third-order valence-corrected chi connectivity index (χ3v) is 3.36. The SMILES string of the molecule is COc1c(Br)cc(S(=O)(=O)Cl)nc1C(F)F. The van der Waals surface area contributed by atoms with Crippen LogP contribution in [0.5, 0.6) is 5.75 Å². The quantitative estimate of drug-likeness (QED) is 0.796. The van der Waals surface area contributed by atoms with Crippen LogP contribution in [0.3, 0.4) is 0 Å². The van der Waals surface area contributed by atoms with E-state index in [1.165, 1.54) is 7.11 Å². The van der Waals surface area contributed by atoms with Crippen LogP contribution in [0.2, 0.25) is 0 Å². The van der Waals surface area contributed by atoms with Crippen LogP contribution in [0.15, 0.2) is 15.6 Å². The molecule has 90 valence electrons. The fraction of sp³-hybridized carbons (Fsp3) is 0.286. The van der Waals surface area contributed by atoms with E-state index in [-0.39, 0.29) is 10.2 Å². The molecule has 9 heteroatoms. The molecule has 0 aliphatic heterocycles. The van der Waals surface area contributed by atoms with E-state index in [0.717, 1.165) is 6.07 Å². The van der Waals surface area contributed by atoms with Crippen LogP contribution in [0.4, 0.5) is 8.78 Å². The molecule has 0 atom stereocenters. The summed E-state index contributed by atoms with van der Waals surface area (Å²) in [5, 5.41) is -0.655. The number of rotatable bonds is 3. The van der Waals surface area contributed by atoms with E-state index in [1.54, 1.807) is 0 Å². The summed E-state index contributed by atoms with van der Waals surface area (Å²) in [6, 6.07) is 0.993. The Morgan fingerprint density at radius 2 is 2.12 bits per heavy atom. The predicted octanol–water partition coefficient (Wildman–Crippen LogP) is 2.72. The summed E-state index contributed by atoms with van der Waals surface area (Å²) in [6.07, 6.45) is -2.97. The molecule has 0 radical (unpaired) electrons. The molecule has 0 aliphatic rings. The third-order valence-electron chi connectivity index (χ3n) is 1.59. The molecule has 0 unspecified atom stereocenters. The van der Waals surface area contributed by atoms with Gasteiger partial charge in [-0.05, 0) is 22.0 Å². The molecule has 0 bridgehead atoms. The Hall–Kier alpha value is -0.470. The second kappa shape index (κ2) is 4.80. The number of ether oxygens (including phenoxy) is 1. The highest BCUT2D eigenvalue weighted by Gasteiger charge is 2.23. The largest absolute Gasteiger partial charge is 0.493 e. The van der Waals surface area contributed by atoms with Gasteiger partial charge in [0, 0.05) is 10.7 Å². The highest BCUT2D eigenvalue weighted by Crippen LogP contribution is 2.35. The first-order valence-corrected chi connectivity index (χ1v) is 6.85. The van der Waals surface area contributed by atoms with Crippen molar-refractivity contribution in [1.29, 1.82) is 0 Å². The van der Waals surface area contributed by atoms with Gasteiger partial charge >= 0.3 is 0 Å². The molecule has 0 aromatic carbocycles. The van der Waals surface area contributed by atoms with E-state index >= 15 is 0 Å². The first-order valence-electron chi connectivity index (χ1n) is 3.74. The molecular formula is C7H5BrClF2NO3S. The van der Waals surface area contributed by atoms with Crippen molar-refractivity contribution in [3.05, 3.63) is 16.2 Å². The zero-order chi connectivity index (χ0) is 12.5. The van der Waals surface area contributed by atoms with Crippen LogP contribution in [0.1, 0.15) is 12.1 Å². The van der Waals surface area contributed by atoms with Gasteiger partial charge in [-0.3, -0.25) is 0 Å². The molecule has 0 amide bonds. The van der Waals surface area contributed by atoms with Gasteiger partial charge in [-0.1, -0.05) is 0 Å². The number of nitrogens with zero attached hydrogens (tertiary/aromatic N) is 1. The third kappa shape index (κ3) is 2.80. The minimum absolute atomic E-state index is 0.0412. The number of halogens is 4. The summed E-state index contributed by atoms with van der Waals surface area (Å²) >= 11 is 2.90. The van der Waals surface area contributed by atoms with Crippen molar-refractivity contribution in [2.24, 2.45) is 0 Å². The fourth-order valence-corrected chi connectivity index (χ4v) is 2.41. The lowest BCUT2D eigenvalue weighted by molar-refractivity contribution is 0.140. The molecular weight excluding hydrogens is 332 g/mol. The molecule has 0 spiro atoms. The second-order valence-electron chi connectivity index (χ2n) is 2.60. The second-order valence-corrected chi connectivity index (χ2v) is 5.97. The van der Waals surface area contributed by atoms with Crippen molar-refractivity contribution in [3.63, 3.8) is 0 Å². The van der Waals surface area contributed by atoms with Crippen LogP contribution in [-0.2, 0) is 9.05 Å². The maximum Gasteiger partial charge on any atom is 0.284 e. The van der Waals surface area contributed by atoms with Crippen molar-refractivity contribution < 1.29 is 21.9 Å². The molecule has 1 aromatic rings. The Morgan fingerprint density at radius 1 is 1.56 bits per heavy atom. The van der Waals surface area contributed by atoms with Gasteiger partial charge in [0.15, 0.2) is 16.5 Å². The van der Waals surface area contributed by atoms with Gasteiger partial charge in [-0.2, -0.15) is 0 Å². The number of aromatic nitrogens is 1. The molecule has 16 heavy (non-hydrogen) atoms. The van der Waals surface area contributed by atoms with Crippen molar-refractivity contribution in [3.8, 4) is 5.75 Å². The molecule has 1 heterocycles. The first-order chi connectivity index (χ1) is 7.27. The number of hydrogen-bond acceptors (Lipinski definition) is 4. The summed E-state index contributed by atoms with van der Waals surface area (Å²) in [6.45, 7) is 0. The van der Waals surface area contributed by atoms with E-state index in [4.69, 9.17) is 10.7 Å². The minimum Gasteiger partial charge on any atom is -0.493 e. The maximum absolute atomic E-state index is 12.6. The Kier molecular flexibility index (Phi) is 4.08. The maximum atomic E-state index is 12.6. The van der Waals surface area contributed by atoms with Gasteiger partial charge in [0.1, 0.15) is 0 Å². The zero-order valence-electron chi connectivity index (χ0n) is 7.75. The Bertz CT molecular complexity index is 509. The van der Waals surface area contributed by atoms with E-state index in [0.29, 0.717) is 0 Å². The highest BCUT2D eigenvalue weighted by molar-refractivity contribution is 9.10. The number of alkyl halides is 2. The summed E-state index contributed by atoms with van der Waals surface area (Å²) in [7, 11) is 2.01. The van der Waals surface area contributed by atoms with Gasteiger partial charge in [-0.25, -0.2) is 22.2 Å². The van der Waals surface area contributed by atoms with Crippen LogP contribution >= 0.6 is 26.6 Å². The van der Waals surface area contributed by atoms with E-state index in [9.17, 15) is 17.2 Å². The average Bonchev–Trinajstić information content (AvgIpc) is 2.14. The van der Waals surface area contributed by atoms with Gasteiger partial charge < -0.3 is 4.74 Å². The highest BCUT2D eigenvalue weighted by atomic mass is 79.9.